The molecule has 3 rings (SSSR count). The van der Waals surface area contributed by atoms with Crippen LogP contribution >= 0.6 is 11.8 Å². The van der Waals surface area contributed by atoms with E-state index in [1.54, 1.807) is 7.11 Å². The van der Waals surface area contributed by atoms with Crippen LogP contribution in [0.5, 0.6) is 5.75 Å². The number of hydrogen-bond acceptors (Lipinski definition) is 3. The van der Waals surface area contributed by atoms with Crippen LogP contribution < -0.4 is 4.74 Å². The summed E-state index contributed by atoms with van der Waals surface area (Å²) in [5, 5.41) is 13.2. The minimum absolute atomic E-state index is 0.723. The fourth-order valence-corrected chi connectivity index (χ4v) is 2.66. The summed E-state index contributed by atoms with van der Waals surface area (Å²) >= 11 is 1.12. The van der Waals surface area contributed by atoms with Gasteiger partial charge in [0.1, 0.15) is 11.2 Å². The maximum atomic E-state index is 8.83. The lowest BCUT2D eigenvalue weighted by atomic mass is 10.1. The molecule has 0 amide bonds. The van der Waals surface area contributed by atoms with Gasteiger partial charge in [-0.1, -0.05) is 18.2 Å². The molecule has 1 aromatic heterocycles. The van der Waals surface area contributed by atoms with Gasteiger partial charge < -0.3 is 9.72 Å². The fourth-order valence-electron chi connectivity index (χ4n) is 2.15. The summed E-state index contributed by atoms with van der Waals surface area (Å²) < 4.78 is 5.31. The molecule has 0 radical (unpaired) electrons. The highest BCUT2D eigenvalue weighted by Crippen LogP contribution is 2.35. The molecule has 0 atom stereocenters. The van der Waals surface area contributed by atoms with Gasteiger partial charge in [-0.05, 0) is 23.9 Å². The summed E-state index contributed by atoms with van der Waals surface area (Å²) in [7, 11) is 1.62. The van der Waals surface area contributed by atoms with Crippen LogP contribution in [0.3, 0.4) is 0 Å². The molecule has 88 valence electrons. The summed E-state index contributed by atoms with van der Waals surface area (Å²) in [6.45, 7) is 0. The first-order valence-electron chi connectivity index (χ1n) is 5.48. The van der Waals surface area contributed by atoms with E-state index in [9.17, 15) is 0 Å². The number of H-pyrrole nitrogens is 1. The van der Waals surface area contributed by atoms with Crippen molar-refractivity contribution in [1.29, 1.82) is 5.26 Å². The van der Waals surface area contributed by atoms with E-state index in [0.717, 1.165) is 44.2 Å². The van der Waals surface area contributed by atoms with E-state index in [0.29, 0.717) is 0 Å². The number of aromatic nitrogens is 1. The van der Waals surface area contributed by atoms with Crippen molar-refractivity contribution < 1.29 is 4.74 Å². The van der Waals surface area contributed by atoms with Gasteiger partial charge in [0.15, 0.2) is 0 Å². The summed E-state index contributed by atoms with van der Waals surface area (Å²) in [6, 6.07) is 12.1. The van der Waals surface area contributed by atoms with E-state index in [-0.39, 0.29) is 0 Å². The van der Waals surface area contributed by atoms with E-state index in [1.807, 2.05) is 30.3 Å². The number of para-hydroxylation sites is 1. The van der Waals surface area contributed by atoms with Gasteiger partial charge in [-0.25, -0.2) is 0 Å². The topological polar surface area (TPSA) is 48.8 Å². The van der Waals surface area contributed by atoms with Crippen molar-refractivity contribution in [2.45, 2.75) is 4.90 Å². The quantitative estimate of drug-likeness (QED) is 0.557. The number of nitrogens with one attached hydrogen (secondary N) is 1. The second-order valence-corrected chi connectivity index (χ2v) is 4.74. The van der Waals surface area contributed by atoms with Crippen LogP contribution in [0, 0.1) is 10.7 Å². The number of nitrogens with zero attached hydrogens (tertiary/aromatic N) is 1. The maximum absolute atomic E-state index is 8.83. The zero-order valence-electron chi connectivity index (χ0n) is 9.73. The van der Waals surface area contributed by atoms with Crippen LogP contribution in [-0.2, 0) is 0 Å². The monoisotopic (exact) mass is 254 g/mol. The molecule has 1 N–H and O–H groups in total. The minimum atomic E-state index is 0.723. The molecular formula is C14H10N2OS. The van der Waals surface area contributed by atoms with Crippen LogP contribution in [0.25, 0.3) is 21.8 Å². The largest absolute Gasteiger partial charge is 0.495 e. The Morgan fingerprint density at radius 2 is 2.00 bits per heavy atom. The Balaban J connectivity index is 2.37. The Bertz CT molecular complexity index is 770. The van der Waals surface area contributed by atoms with Crippen molar-refractivity contribution in [3.8, 4) is 11.2 Å². The molecule has 0 unspecified atom stereocenters. The van der Waals surface area contributed by atoms with Crippen molar-refractivity contribution in [1.82, 2.24) is 4.98 Å². The predicted octanol–water partition coefficient (Wildman–Crippen LogP) is 3.90. The zero-order chi connectivity index (χ0) is 12.5. The first-order valence-corrected chi connectivity index (χ1v) is 6.29. The fraction of sp³-hybridized carbons (Fsp3) is 0.0714. The Morgan fingerprint density at radius 3 is 2.78 bits per heavy atom. The number of benzene rings is 2. The standard InChI is InChI=1S/C14H10N2OS/c1-17-13-7-12-10(6-14(13)18-8-15)9-4-2-3-5-11(9)16-12/h2-7,16H,1H3. The number of ether oxygens (including phenoxy) is 1. The Kier molecular flexibility index (Phi) is 2.62. The van der Waals surface area contributed by atoms with Crippen LogP contribution in [0.4, 0.5) is 0 Å². The predicted molar refractivity (Wildman–Crippen MR) is 73.8 cm³/mol. The van der Waals surface area contributed by atoms with Crippen molar-refractivity contribution >= 4 is 33.6 Å². The van der Waals surface area contributed by atoms with E-state index < -0.39 is 0 Å². The lowest BCUT2D eigenvalue weighted by molar-refractivity contribution is 0.405. The van der Waals surface area contributed by atoms with Crippen molar-refractivity contribution in [2.75, 3.05) is 7.11 Å². The van der Waals surface area contributed by atoms with Gasteiger partial charge in [-0.15, -0.1) is 0 Å². The Labute approximate surface area is 108 Å². The maximum Gasteiger partial charge on any atom is 0.138 e. The van der Waals surface area contributed by atoms with Gasteiger partial charge in [0.05, 0.1) is 17.5 Å². The molecule has 4 heteroatoms. The second kappa shape index (κ2) is 4.28. The van der Waals surface area contributed by atoms with Gasteiger partial charge in [-0.3, -0.25) is 0 Å². The highest BCUT2D eigenvalue weighted by Gasteiger charge is 2.10. The molecule has 1 heterocycles. The molecule has 0 aliphatic heterocycles. The Morgan fingerprint density at radius 1 is 1.17 bits per heavy atom. The molecule has 3 aromatic rings. The number of thiocyanates is 1. The van der Waals surface area contributed by atoms with Crippen molar-refractivity contribution in [3.05, 3.63) is 36.4 Å². The number of hydrogen-bond donors (Lipinski definition) is 1. The molecule has 18 heavy (non-hydrogen) atoms. The molecular weight excluding hydrogens is 244 g/mol. The number of thioether (sulfide) groups is 1. The van der Waals surface area contributed by atoms with E-state index >= 15 is 0 Å². The van der Waals surface area contributed by atoms with Crippen LogP contribution in [-0.4, -0.2) is 12.1 Å². The van der Waals surface area contributed by atoms with Crippen LogP contribution in [0.2, 0.25) is 0 Å². The van der Waals surface area contributed by atoms with Gasteiger partial charge in [0.2, 0.25) is 0 Å². The zero-order valence-corrected chi connectivity index (χ0v) is 10.5. The molecule has 0 fully saturated rings. The molecule has 2 aromatic carbocycles. The Hall–Kier alpha value is -2.12. The van der Waals surface area contributed by atoms with E-state index in [1.165, 1.54) is 0 Å². The average Bonchev–Trinajstić information content (AvgIpc) is 2.76. The SMILES string of the molecule is COc1cc2[nH]c3ccccc3c2cc1SC#N. The lowest BCUT2D eigenvalue weighted by Crippen LogP contribution is -1.85. The van der Waals surface area contributed by atoms with Gasteiger partial charge >= 0.3 is 0 Å². The third-order valence-electron chi connectivity index (χ3n) is 2.95. The molecule has 0 aliphatic rings. The van der Waals surface area contributed by atoms with E-state index in [4.69, 9.17) is 10.00 Å². The third-order valence-corrected chi connectivity index (χ3v) is 3.58. The summed E-state index contributed by atoms with van der Waals surface area (Å²) in [6.07, 6.45) is 0. The molecule has 0 bridgehead atoms. The van der Waals surface area contributed by atoms with Gasteiger partial charge in [-0.2, -0.15) is 5.26 Å². The van der Waals surface area contributed by atoms with Gasteiger partial charge in [0, 0.05) is 22.4 Å². The van der Waals surface area contributed by atoms with Crippen molar-refractivity contribution in [3.63, 3.8) is 0 Å². The summed E-state index contributed by atoms with van der Waals surface area (Å²) in [5.74, 6) is 0.723. The average molecular weight is 254 g/mol. The lowest BCUT2D eigenvalue weighted by Gasteiger charge is -2.04. The second-order valence-electron chi connectivity index (χ2n) is 3.91. The smallest absolute Gasteiger partial charge is 0.138 e. The summed E-state index contributed by atoms with van der Waals surface area (Å²) in [4.78, 5) is 4.19. The normalized spacial score (nSPS) is 10.7. The molecule has 0 aliphatic carbocycles. The highest BCUT2D eigenvalue weighted by molar-refractivity contribution is 8.03. The molecule has 3 nitrogen and oxygen atoms in total. The number of aromatic amines is 1. The number of fused-ring (bicyclic) bond motifs is 3. The first kappa shape index (κ1) is 11.0. The van der Waals surface area contributed by atoms with Crippen molar-refractivity contribution in [2.24, 2.45) is 0 Å². The molecule has 0 saturated carbocycles. The van der Waals surface area contributed by atoms with Gasteiger partial charge in [0.25, 0.3) is 0 Å². The number of nitriles is 1. The van der Waals surface area contributed by atoms with E-state index in [2.05, 4.69) is 16.5 Å². The molecule has 0 spiro atoms. The highest BCUT2D eigenvalue weighted by atomic mass is 32.2. The van der Waals surface area contributed by atoms with Crippen LogP contribution in [0.1, 0.15) is 0 Å². The third kappa shape index (κ3) is 1.60. The number of methoxy groups -OCH3 is 1. The minimum Gasteiger partial charge on any atom is -0.495 e. The first-order chi connectivity index (χ1) is 8.83. The molecule has 0 saturated heterocycles. The summed E-state index contributed by atoms with van der Waals surface area (Å²) in [5.41, 5.74) is 2.11. The van der Waals surface area contributed by atoms with Crippen LogP contribution in [0.15, 0.2) is 41.3 Å². The number of rotatable bonds is 2.